The number of unbranched alkanes of at least 4 members (excludes halogenated alkanes) is 3. The lowest BCUT2D eigenvalue weighted by atomic mass is 9.99. The van der Waals surface area contributed by atoms with Crippen LogP contribution in [0.3, 0.4) is 0 Å². The maximum absolute atomic E-state index is 15.3. The molecule has 0 saturated carbocycles. The highest BCUT2D eigenvalue weighted by Crippen LogP contribution is 2.30. The van der Waals surface area contributed by atoms with Gasteiger partial charge in [-0.25, -0.2) is 8.78 Å². The maximum Gasteiger partial charge on any atom is 0.422 e. The van der Waals surface area contributed by atoms with E-state index in [0.717, 1.165) is 30.5 Å². The van der Waals surface area contributed by atoms with Gasteiger partial charge in [-0.2, -0.15) is 13.2 Å². The highest BCUT2D eigenvalue weighted by atomic mass is 19.4. The van der Waals surface area contributed by atoms with Gasteiger partial charge in [0.05, 0.1) is 13.2 Å². The van der Waals surface area contributed by atoms with E-state index in [1.54, 1.807) is 18.2 Å². The van der Waals surface area contributed by atoms with Gasteiger partial charge in [-0.1, -0.05) is 56.5 Å². The van der Waals surface area contributed by atoms with Crippen molar-refractivity contribution in [3.63, 3.8) is 0 Å². The molecule has 9 heteroatoms. The molecule has 0 amide bonds. The smallest absolute Gasteiger partial charge is 0.422 e. The van der Waals surface area contributed by atoms with E-state index in [0.29, 0.717) is 54.6 Å². The molecular weight excluding hydrogens is 519 g/mol. The molecule has 3 aromatic carbocycles. The molecule has 4 rings (SSSR count). The van der Waals surface area contributed by atoms with Crippen molar-refractivity contribution in [3.05, 3.63) is 76.9 Å². The van der Waals surface area contributed by atoms with Gasteiger partial charge in [0.1, 0.15) is 11.9 Å². The number of alkyl halides is 3. The molecule has 0 spiro atoms. The minimum absolute atomic E-state index is 0.0968. The number of rotatable bonds is 12. The first-order valence-corrected chi connectivity index (χ1v) is 13.3. The Morgan fingerprint density at radius 1 is 0.897 bits per heavy atom. The van der Waals surface area contributed by atoms with E-state index in [1.165, 1.54) is 18.9 Å². The Balaban J connectivity index is 1.32. The summed E-state index contributed by atoms with van der Waals surface area (Å²) in [5.41, 5.74) is 1.77. The van der Waals surface area contributed by atoms with E-state index in [-0.39, 0.29) is 11.9 Å². The first-order valence-electron chi connectivity index (χ1n) is 13.3. The molecule has 39 heavy (non-hydrogen) atoms. The molecule has 212 valence electrons. The van der Waals surface area contributed by atoms with E-state index >= 15 is 4.39 Å². The Labute approximate surface area is 225 Å². The van der Waals surface area contributed by atoms with E-state index in [4.69, 9.17) is 14.2 Å². The van der Waals surface area contributed by atoms with Crippen LogP contribution in [0, 0.1) is 11.6 Å². The molecule has 0 aliphatic carbocycles. The molecule has 0 unspecified atom stereocenters. The Kier molecular flexibility index (Phi) is 10.2. The van der Waals surface area contributed by atoms with Gasteiger partial charge in [0.15, 0.2) is 24.5 Å². The van der Waals surface area contributed by atoms with Crippen LogP contribution in [0.5, 0.6) is 5.75 Å². The van der Waals surface area contributed by atoms with Gasteiger partial charge in [0.25, 0.3) is 0 Å². The minimum Gasteiger partial charge on any atom is -0.481 e. The maximum atomic E-state index is 15.3. The SMILES string of the molecule is CCCCCCOC1COC(c2ccc3c(F)c(CCc4ccc(OCC(F)(F)F)c(F)c4)ccc3c2)OC1. The first kappa shape index (κ1) is 29.2. The molecule has 0 aromatic heterocycles. The number of ether oxygens (including phenoxy) is 4. The second-order valence-electron chi connectivity index (χ2n) is 9.74. The van der Waals surface area contributed by atoms with Crippen LogP contribution in [-0.2, 0) is 27.1 Å². The average Bonchev–Trinajstić information content (AvgIpc) is 2.92. The van der Waals surface area contributed by atoms with Crippen LogP contribution < -0.4 is 4.74 Å². The topological polar surface area (TPSA) is 36.9 Å². The average molecular weight is 553 g/mol. The largest absolute Gasteiger partial charge is 0.481 e. The number of halogens is 5. The monoisotopic (exact) mass is 552 g/mol. The van der Waals surface area contributed by atoms with Crippen molar-refractivity contribution < 1.29 is 40.9 Å². The summed E-state index contributed by atoms with van der Waals surface area (Å²) in [6.07, 6.45) is -0.0407. The van der Waals surface area contributed by atoms with Crippen LogP contribution in [-0.4, -0.2) is 38.7 Å². The zero-order valence-electron chi connectivity index (χ0n) is 21.9. The van der Waals surface area contributed by atoms with Gasteiger partial charge in [-0.15, -0.1) is 0 Å². The number of aryl methyl sites for hydroxylation is 2. The van der Waals surface area contributed by atoms with Crippen molar-refractivity contribution in [2.75, 3.05) is 26.4 Å². The molecule has 1 heterocycles. The van der Waals surface area contributed by atoms with Gasteiger partial charge in [0, 0.05) is 17.6 Å². The molecule has 0 bridgehead atoms. The number of hydrogen-bond donors (Lipinski definition) is 0. The lowest BCUT2D eigenvalue weighted by Gasteiger charge is -2.29. The fourth-order valence-corrected chi connectivity index (χ4v) is 4.50. The van der Waals surface area contributed by atoms with Crippen molar-refractivity contribution in [1.82, 2.24) is 0 Å². The van der Waals surface area contributed by atoms with Crippen LogP contribution in [0.1, 0.15) is 55.6 Å². The van der Waals surface area contributed by atoms with E-state index in [2.05, 4.69) is 11.7 Å². The fraction of sp³-hybridized carbons (Fsp3) is 0.467. The fourth-order valence-electron chi connectivity index (χ4n) is 4.50. The second kappa shape index (κ2) is 13.5. The van der Waals surface area contributed by atoms with Gasteiger partial charge in [-0.3, -0.25) is 0 Å². The summed E-state index contributed by atoms with van der Waals surface area (Å²) in [6.45, 7) is 2.15. The predicted octanol–water partition coefficient (Wildman–Crippen LogP) is 7.86. The lowest BCUT2D eigenvalue weighted by Crippen LogP contribution is -2.33. The number of benzene rings is 3. The molecule has 0 radical (unpaired) electrons. The molecule has 1 fully saturated rings. The summed E-state index contributed by atoms with van der Waals surface area (Å²) in [6, 6.07) is 12.6. The molecule has 0 N–H and O–H groups in total. The molecule has 1 aliphatic heterocycles. The number of hydrogen-bond acceptors (Lipinski definition) is 4. The van der Waals surface area contributed by atoms with Crippen molar-refractivity contribution >= 4 is 10.8 Å². The third-order valence-corrected chi connectivity index (χ3v) is 6.62. The summed E-state index contributed by atoms with van der Waals surface area (Å²) in [7, 11) is 0. The Hall–Kier alpha value is -2.75. The van der Waals surface area contributed by atoms with Gasteiger partial charge in [-0.05, 0) is 54.0 Å². The van der Waals surface area contributed by atoms with Crippen molar-refractivity contribution in [1.29, 1.82) is 0 Å². The molecule has 1 saturated heterocycles. The van der Waals surface area contributed by atoms with E-state index in [1.807, 2.05) is 12.1 Å². The quantitative estimate of drug-likeness (QED) is 0.169. The third kappa shape index (κ3) is 8.37. The Morgan fingerprint density at radius 3 is 2.41 bits per heavy atom. The molecule has 4 nitrogen and oxygen atoms in total. The lowest BCUT2D eigenvalue weighted by molar-refractivity contribution is -0.230. The Bertz CT molecular complexity index is 1220. The van der Waals surface area contributed by atoms with Crippen molar-refractivity contribution in [3.8, 4) is 5.75 Å². The van der Waals surface area contributed by atoms with Gasteiger partial charge < -0.3 is 18.9 Å². The molecular formula is C30H33F5O4. The highest BCUT2D eigenvalue weighted by molar-refractivity contribution is 5.84. The normalized spacial score (nSPS) is 18.0. The summed E-state index contributed by atoms with van der Waals surface area (Å²) < 4.78 is 88.4. The summed E-state index contributed by atoms with van der Waals surface area (Å²) >= 11 is 0. The zero-order valence-corrected chi connectivity index (χ0v) is 21.9. The molecule has 0 atom stereocenters. The standard InChI is InChI=1S/C30H33F5O4/c1-2-3-4-5-14-36-24-17-37-29(38-18-24)23-11-12-25-22(16-23)10-9-21(28(25)32)8-6-20-7-13-27(26(31)15-20)39-19-30(33,34)35/h7,9-13,15-16,24,29H,2-6,8,14,17-19H2,1H3. The highest BCUT2D eigenvalue weighted by Gasteiger charge is 2.29. The second-order valence-corrected chi connectivity index (χ2v) is 9.74. The van der Waals surface area contributed by atoms with Crippen LogP contribution in [0.25, 0.3) is 10.8 Å². The summed E-state index contributed by atoms with van der Waals surface area (Å²) in [4.78, 5) is 0. The minimum atomic E-state index is -4.55. The van der Waals surface area contributed by atoms with Gasteiger partial charge in [0.2, 0.25) is 0 Å². The summed E-state index contributed by atoms with van der Waals surface area (Å²) in [5, 5.41) is 1.15. The zero-order chi connectivity index (χ0) is 27.8. The van der Waals surface area contributed by atoms with E-state index in [9.17, 15) is 17.6 Å². The van der Waals surface area contributed by atoms with Crippen molar-refractivity contribution in [2.45, 2.75) is 64.0 Å². The number of fused-ring (bicyclic) bond motifs is 1. The van der Waals surface area contributed by atoms with Crippen LogP contribution in [0.2, 0.25) is 0 Å². The third-order valence-electron chi connectivity index (χ3n) is 6.62. The van der Waals surface area contributed by atoms with Crippen LogP contribution in [0.4, 0.5) is 22.0 Å². The van der Waals surface area contributed by atoms with Gasteiger partial charge >= 0.3 is 6.18 Å². The van der Waals surface area contributed by atoms with Crippen LogP contribution in [0.15, 0.2) is 48.5 Å². The Morgan fingerprint density at radius 2 is 1.69 bits per heavy atom. The van der Waals surface area contributed by atoms with Crippen molar-refractivity contribution in [2.24, 2.45) is 0 Å². The summed E-state index contributed by atoms with van der Waals surface area (Å²) in [5.74, 6) is -1.73. The van der Waals surface area contributed by atoms with E-state index < -0.39 is 30.6 Å². The molecule has 3 aromatic rings. The first-order chi connectivity index (χ1) is 18.7. The molecule has 1 aliphatic rings. The predicted molar refractivity (Wildman–Crippen MR) is 138 cm³/mol. The van der Waals surface area contributed by atoms with Crippen LogP contribution >= 0.6 is 0 Å².